The molecule has 4 heteroatoms. The third-order valence-corrected chi connectivity index (χ3v) is 2.18. The molecule has 2 heterocycles. The summed E-state index contributed by atoms with van der Waals surface area (Å²) in [6.45, 7) is 5.50. The number of pyridine rings is 1. The summed E-state index contributed by atoms with van der Waals surface area (Å²) in [5.41, 5.74) is 1.34. The van der Waals surface area contributed by atoms with Gasteiger partial charge in [0.1, 0.15) is 6.54 Å². The van der Waals surface area contributed by atoms with Crippen LogP contribution in [0.25, 0.3) is 0 Å². The van der Waals surface area contributed by atoms with E-state index >= 15 is 0 Å². The maximum Gasteiger partial charge on any atom is 0.171 e. The average molecular weight is 345 g/mol. The van der Waals surface area contributed by atoms with E-state index in [0.29, 0.717) is 0 Å². The molecule has 0 aliphatic heterocycles. The zero-order valence-electron chi connectivity index (χ0n) is 10.4. The second-order valence-corrected chi connectivity index (χ2v) is 3.73. The molecule has 0 aromatic carbocycles. The van der Waals surface area contributed by atoms with E-state index in [1.165, 1.54) is 18.4 Å². The van der Waals surface area contributed by atoms with Gasteiger partial charge in [-0.3, -0.25) is 0 Å². The molecule has 0 atom stereocenters. The number of nitrogens with zero attached hydrogens (tertiary/aromatic N) is 2. The van der Waals surface area contributed by atoms with Crippen molar-refractivity contribution in [3.05, 3.63) is 48.8 Å². The van der Waals surface area contributed by atoms with Crippen LogP contribution in [0.4, 0.5) is 0 Å². The first-order valence-corrected chi connectivity index (χ1v) is 5.71. The molecule has 2 aromatic heterocycles. The molecule has 17 heavy (non-hydrogen) atoms. The maximum absolute atomic E-state index is 3.67. The minimum Gasteiger partial charge on any atom is -1.00 e. The van der Waals surface area contributed by atoms with E-state index < -0.39 is 0 Å². The number of H-pyrrole nitrogens is 1. The lowest BCUT2D eigenvalue weighted by Crippen LogP contribution is -3.00. The Kier molecular flexibility index (Phi) is 9.71. The molecule has 0 amide bonds. The number of halogens is 1. The monoisotopic (exact) mass is 345 g/mol. The highest BCUT2D eigenvalue weighted by molar-refractivity contribution is 5.01. The number of aromatic amines is 1. The SMILES string of the molecule is CCCC[n+]1cccc(C)c1.[I-].c1c[nH]cn1. The molecule has 94 valence electrons. The van der Waals surface area contributed by atoms with Crippen LogP contribution in [0.15, 0.2) is 43.2 Å². The minimum absolute atomic E-state index is 0. The Balaban J connectivity index is 0.000000360. The summed E-state index contributed by atoms with van der Waals surface area (Å²) in [4.78, 5) is 6.42. The average Bonchev–Trinajstić information content (AvgIpc) is 2.85. The highest BCUT2D eigenvalue weighted by Crippen LogP contribution is 1.91. The third-order valence-electron chi connectivity index (χ3n) is 2.18. The van der Waals surface area contributed by atoms with Gasteiger partial charge in [0.2, 0.25) is 0 Å². The number of imidazole rings is 1. The minimum atomic E-state index is 0. The van der Waals surface area contributed by atoms with Gasteiger partial charge >= 0.3 is 0 Å². The van der Waals surface area contributed by atoms with Gasteiger partial charge in [0.15, 0.2) is 12.4 Å². The largest absolute Gasteiger partial charge is 1.00 e. The quantitative estimate of drug-likeness (QED) is 0.590. The van der Waals surface area contributed by atoms with Crippen molar-refractivity contribution in [1.29, 1.82) is 0 Å². The van der Waals surface area contributed by atoms with Crippen molar-refractivity contribution in [3.63, 3.8) is 0 Å². The van der Waals surface area contributed by atoms with Gasteiger partial charge in [0, 0.05) is 30.4 Å². The Morgan fingerprint density at radius 2 is 2.24 bits per heavy atom. The van der Waals surface area contributed by atoms with Crippen molar-refractivity contribution in [2.75, 3.05) is 0 Å². The van der Waals surface area contributed by atoms with Crippen LogP contribution in [0.2, 0.25) is 0 Å². The normalized spacial score (nSPS) is 8.82. The van der Waals surface area contributed by atoms with E-state index in [4.69, 9.17) is 0 Å². The van der Waals surface area contributed by atoms with Crippen LogP contribution in [0, 0.1) is 6.92 Å². The zero-order chi connectivity index (χ0) is 11.6. The molecule has 0 spiro atoms. The molecule has 0 bridgehead atoms. The molecule has 0 fully saturated rings. The van der Waals surface area contributed by atoms with Crippen LogP contribution < -0.4 is 28.5 Å². The number of nitrogens with one attached hydrogen (secondary N) is 1. The predicted octanol–water partition coefficient (Wildman–Crippen LogP) is -0.504. The van der Waals surface area contributed by atoms with E-state index in [0.717, 1.165) is 6.54 Å². The fraction of sp³-hybridized carbons (Fsp3) is 0.385. The Hall–Kier alpha value is -0.910. The molecular weight excluding hydrogens is 325 g/mol. The van der Waals surface area contributed by atoms with Gasteiger partial charge in [0.05, 0.1) is 6.33 Å². The molecule has 3 nitrogen and oxygen atoms in total. The van der Waals surface area contributed by atoms with Crippen LogP contribution in [-0.4, -0.2) is 9.97 Å². The first-order valence-electron chi connectivity index (χ1n) is 5.71. The summed E-state index contributed by atoms with van der Waals surface area (Å²) in [6, 6.07) is 4.23. The second-order valence-electron chi connectivity index (χ2n) is 3.73. The molecule has 0 saturated carbocycles. The van der Waals surface area contributed by atoms with E-state index in [9.17, 15) is 0 Å². The summed E-state index contributed by atoms with van der Waals surface area (Å²) in [7, 11) is 0. The van der Waals surface area contributed by atoms with Crippen LogP contribution in [-0.2, 0) is 6.54 Å². The molecule has 0 unspecified atom stereocenters. The van der Waals surface area contributed by atoms with Crippen LogP contribution >= 0.6 is 0 Å². The highest BCUT2D eigenvalue weighted by Gasteiger charge is 1.97. The molecule has 0 radical (unpaired) electrons. The van der Waals surface area contributed by atoms with Crippen molar-refractivity contribution >= 4 is 0 Å². The fourth-order valence-corrected chi connectivity index (χ4v) is 1.35. The van der Waals surface area contributed by atoms with Crippen molar-refractivity contribution in [3.8, 4) is 0 Å². The number of hydrogen-bond acceptors (Lipinski definition) is 1. The molecule has 0 aliphatic rings. The number of hydrogen-bond donors (Lipinski definition) is 1. The lowest BCUT2D eigenvalue weighted by Gasteiger charge is -1.94. The number of rotatable bonds is 3. The standard InChI is InChI=1S/C10H16N.C3H4N2.HI/c1-3-4-7-11-8-5-6-10(2)9-11;1-2-5-3-4-1;/h5-6,8-9H,3-4,7H2,1-2H3;1-3H,(H,4,5);1H/q+1;;/p-1. The summed E-state index contributed by atoms with van der Waals surface area (Å²) in [6.07, 6.45) is 11.9. The van der Waals surface area contributed by atoms with Gasteiger partial charge in [-0.2, -0.15) is 0 Å². The fourth-order valence-electron chi connectivity index (χ4n) is 1.35. The van der Waals surface area contributed by atoms with E-state index in [1.54, 1.807) is 18.7 Å². The Morgan fingerprint density at radius 3 is 2.71 bits per heavy atom. The predicted molar refractivity (Wildman–Crippen MR) is 64.9 cm³/mol. The summed E-state index contributed by atoms with van der Waals surface area (Å²) < 4.78 is 2.25. The molecule has 0 saturated heterocycles. The Morgan fingerprint density at radius 1 is 1.41 bits per heavy atom. The molecule has 2 rings (SSSR count). The van der Waals surface area contributed by atoms with Crippen LogP contribution in [0.5, 0.6) is 0 Å². The van der Waals surface area contributed by atoms with Gasteiger partial charge in [-0.15, -0.1) is 0 Å². The third kappa shape index (κ3) is 7.90. The molecular formula is C13H20IN3. The number of unbranched alkanes of at least 4 members (excludes halogenated alkanes) is 1. The first kappa shape index (κ1) is 16.1. The van der Waals surface area contributed by atoms with Crippen molar-refractivity contribution < 1.29 is 28.5 Å². The molecule has 1 N–H and O–H groups in total. The zero-order valence-corrected chi connectivity index (χ0v) is 12.6. The topological polar surface area (TPSA) is 32.6 Å². The van der Waals surface area contributed by atoms with Crippen molar-refractivity contribution in [1.82, 2.24) is 9.97 Å². The van der Waals surface area contributed by atoms with Gasteiger partial charge in [-0.1, -0.05) is 13.3 Å². The van der Waals surface area contributed by atoms with E-state index in [2.05, 4.69) is 52.9 Å². The van der Waals surface area contributed by atoms with Crippen LogP contribution in [0.1, 0.15) is 25.3 Å². The molecule has 0 aliphatic carbocycles. The summed E-state index contributed by atoms with van der Waals surface area (Å²) in [5, 5.41) is 0. The van der Waals surface area contributed by atoms with E-state index in [-0.39, 0.29) is 24.0 Å². The smallest absolute Gasteiger partial charge is 0.171 e. The summed E-state index contributed by atoms with van der Waals surface area (Å²) in [5.74, 6) is 0. The number of aryl methyl sites for hydroxylation is 2. The lowest BCUT2D eigenvalue weighted by molar-refractivity contribution is -0.697. The van der Waals surface area contributed by atoms with Crippen molar-refractivity contribution in [2.45, 2.75) is 33.2 Å². The lowest BCUT2D eigenvalue weighted by atomic mass is 10.3. The van der Waals surface area contributed by atoms with Crippen molar-refractivity contribution in [2.24, 2.45) is 0 Å². The van der Waals surface area contributed by atoms with Gasteiger partial charge in [-0.25, -0.2) is 9.55 Å². The van der Waals surface area contributed by atoms with Gasteiger partial charge in [-0.05, 0) is 13.0 Å². The van der Waals surface area contributed by atoms with Crippen LogP contribution in [0.3, 0.4) is 0 Å². The van der Waals surface area contributed by atoms with E-state index in [1.807, 2.05) is 0 Å². The second kappa shape index (κ2) is 10.3. The Labute approximate surface area is 120 Å². The Bertz CT molecular complexity index is 357. The molecule has 2 aromatic rings. The number of aromatic nitrogens is 3. The first-order chi connectivity index (χ1) is 7.83. The van der Waals surface area contributed by atoms with Gasteiger partial charge < -0.3 is 29.0 Å². The van der Waals surface area contributed by atoms with Gasteiger partial charge in [0.25, 0.3) is 0 Å². The maximum atomic E-state index is 3.67. The highest BCUT2D eigenvalue weighted by atomic mass is 127. The summed E-state index contributed by atoms with van der Waals surface area (Å²) >= 11 is 0.